The molecule has 13 heteroatoms. The van der Waals surface area contributed by atoms with Crippen molar-refractivity contribution in [1.29, 1.82) is 5.26 Å². The van der Waals surface area contributed by atoms with Gasteiger partial charge in [0, 0.05) is 29.3 Å². The van der Waals surface area contributed by atoms with Crippen LogP contribution < -0.4 is 18.9 Å². The summed E-state index contributed by atoms with van der Waals surface area (Å²) in [4.78, 5) is 40.0. The lowest BCUT2D eigenvalue weighted by molar-refractivity contribution is -0.138. The first-order chi connectivity index (χ1) is 28.4. The van der Waals surface area contributed by atoms with E-state index in [1.165, 1.54) is 0 Å². The number of carbonyl (C=O) groups is 2. The number of hydrogen-bond donors (Lipinski definition) is 0. The average Bonchev–Trinajstić information content (AvgIpc) is 3.27. The second-order valence-electron chi connectivity index (χ2n) is 12.8. The third-order valence-corrected chi connectivity index (χ3v) is 8.48. The van der Waals surface area contributed by atoms with Crippen molar-refractivity contribution in [2.75, 3.05) is 26.4 Å². The van der Waals surface area contributed by atoms with Crippen LogP contribution >= 0.6 is 0 Å². The Labute approximate surface area is 337 Å². The van der Waals surface area contributed by atoms with E-state index < -0.39 is 11.9 Å². The summed E-state index contributed by atoms with van der Waals surface area (Å²) in [5.41, 5.74) is 3.98. The third kappa shape index (κ3) is 13.9. The molecule has 0 aliphatic carbocycles. The molecule has 0 aliphatic heterocycles. The van der Waals surface area contributed by atoms with Gasteiger partial charge in [0.25, 0.3) is 0 Å². The zero-order valence-electron chi connectivity index (χ0n) is 32.2. The van der Waals surface area contributed by atoms with E-state index in [-0.39, 0.29) is 13.2 Å². The molecule has 0 aliphatic rings. The molecule has 2 aromatic heterocycles. The topological polar surface area (TPSA) is 165 Å². The average molecular weight is 784 g/mol. The summed E-state index contributed by atoms with van der Waals surface area (Å²) in [5.74, 6) is 2.45. The van der Waals surface area contributed by atoms with E-state index in [1.807, 2.05) is 48.5 Å². The molecule has 0 saturated heterocycles. The van der Waals surface area contributed by atoms with E-state index in [9.17, 15) is 14.9 Å². The lowest BCUT2D eigenvalue weighted by Gasteiger charge is -2.14. The molecule has 0 saturated carbocycles. The SMILES string of the molecule is C=CC(=O)OCCCCCOc1cnc(-c2ccc(COc3ccc(C#N)cc3OCc3ccc(-c4ncc(OCCCCCOC(=O)C=C)cn4)cc3)cc2)nc1. The number of benzene rings is 3. The second kappa shape index (κ2) is 23.1. The van der Waals surface area contributed by atoms with Gasteiger partial charge in [0.15, 0.2) is 34.6 Å². The van der Waals surface area contributed by atoms with Crippen LogP contribution in [-0.2, 0) is 32.3 Å². The summed E-state index contributed by atoms with van der Waals surface area (Å²) in [7, 11) is 0. The molecule has 0 amide bonds. The first kappa shape index (κ1) is 42.1. The minimum absolute atomic E-state index is 0.253. The first-order valence-corrected chi connectivity index (χ1v) is 18.9. The van der Waals surface area contributed by atoms with Crippen molar-refractivity contribution >= 4 is 11.9 Å². The van der Waals surface area contributed by atoms with Gasteiger partial charge in [-0.2, -0.15) is 5.26 Å². The van der Waals surface area contributed by atoms with Crippen LogP contribution in [0.3, 0.4) is 0 Å². The predicted octanol–water partition coefficient (Wildman–Crippen LogP) is 8.19. The molecule has 3 aromatic carbocycles. The smallest absolute Gasteiger partial charge is 0.330 e. The standard InChI is InChI=1S/C45H45N5O8/c1-3-42(51)55-23-9-5-7-21-53-38-27-47-44(48-28-38)36-16-11-33(12-17-36)31-57-40-20-15-35(26-46)25-41(40)58-32-34-13-18-37(19-14-34)45-49-29-39(30-50-45)54-22-8-6-10-24-56-43(52)4-2/h3-4,11-20,25,27-30H,1-2,5-10,21-24,31-32H2. The number of nitrogens with zero attached hydrogens (tertiary/aromatic N) is 5. The van der Waals surface area contributed by atoms with Gasteiger partial charge < -0.3 is 28.4 Å². The Hall–Kier alpha value is -7.07. The number of unbranched alkanes of at least 4 members (excludes halogenated alkanes) is 4. The number of carbonyl (C=O) groups excluding carboxylic acids is 2. The Balaban J connectivity index is 1.06. The Morgan fingerprint density at radius 3 is 1.41 bits per heavy atom. The molecule has 58 heavy (non-hydrogen) atoms. The van der Waals surface area contributed by atoms with E-state index in [2.05, 4.69) is 39.2 Å². The van der Waals surface area contributed by atoms with Gasteiger partial charge in [0.05, 0.1) is 62.8 Å². The number of ether oxygens (including phenoxy) is 6. The lowest BCUT2D eigenvalue weighted by atomic mass is 10.1. The maximum Gasteiger partial charge on any atom is 0.330 e. The molecule has 0 N–H and O–H groups in total. The van der Waals surface area contributed by atoms with Crippen LogP contribution in [0.5, 0.6) is 23.0 Å². The molecule has 5 aromatic rings. The molecule has 0 spiro atoms. The van der Waals surface area contributed by atoms with Crippen LogP contribution in [0.15, 0.2) is 117 Å². The van der Waals surface area contributed by atoms with Crippen LogP contribution in [0.1, 0.15) is 55.2 Å². The molecule has 2 heterocycles. The first-order valence-electron chi connectivity index (χ1n) is 18.9. The second-order valence-corrected chi connectivity index (χ2v) is 12.8. The van der Waals surface area contributed by atoms with Gasteiger partial charge in [-0.15, -0.1) is 0 Å². The Kier molecular flexibility index (Phi) is 16.8. The number of esters is 2. The van der Waals surface area contributed by atoms with Crippen molar-refractivity contribution in [3.63, 3.8) is 0 Å². The highest BCUT2D eigenvalue weighted by Gasteiger charge is 2.10. The summed E-state index contributed by atoms with van der Waals surface area (Å²) < 4.78 is 33.7. The quantitative estimate of drug-likeness (QED) is 0.0334. The molecule has 0 bridgehead atoms. The summed E-state index contributed by atoms with van der Waals surface area (Å²) in [5, 5.41) is 9.52. The largest absolute Gasteiger partial charge is 0.490 e. The van der Waals surface area contributed by atoms with Gasteiger partial charge in [0.2, 0.25) is 0 Å². The normalized spacial score (nSPS) is 10.5. The van der Waals surface area contributed by atoms with Crippen LogP contribution in [0, 0.1) is 11.3 Å². The van der Waals surface area contributed by atoms with Gasteiger partial charge in [0.1, 0.15) is 13.2 Å². The fourth-order valence-electron chi connectivity index (χ4n) is 5.32. The molecule has 298 valence electrons. The molecule has 13 nitrogen and oxygen atoms in total. The molecule has 0 unspecified atom stereocenters. The fourth-order valence-corrected chi connectivity index (χ4v) is 5.32. The molecule has 5 rings (SSSR count). The Morgan fingerprint density at radius 1 is 0.552 bits per heavy atom. The highest BCUT2D eigenvalue weighted by Crippen LogP contribution is 2.30. The minimum Gasteiger partial charge on any atom is -0.490 e. The summed E-state index contributed by atoms with van der Waals surface area (Å²) in [6.45, 7) is 9.04. The van der Waals surface area contributed by atoms with Crippen molar-refractivity contribution < 1.29 is 38.0 Å². The molecule has 0 atom stereocenters. The molecular formula is C45H45N5O8. The van der Waals surface area contributed by atoms with E-state index in [1.54, 1.807) is 43.0 Å². The summed E-state index contributed by atoms with van der Waals surface area (Å²) in [6.07, 6.45) is 13.8. The minimum atomic E-state index is -0.411. The van der Waals surface area contributed by atoms with Gasteiger partial charge in [-0.25, -0.2) is 29.5 Å². The molecule has 0 fully saturated rings. The predicted molar refractivity (Wildman–Crippen MR) is 216 cm³/mol. The molecular weight excluding hydrogens is 739 g/mol. The monoisotopic (exact) mass is 783 g/mol. The van der Waals surface area contributed by atoms with Gasteiger partial charge in [-0.1, -0.05) is 61.7 Å². The van der Waals surface area contributed by atoms with Crippen molar-refractivity contribution in [2.24, 2.45) is 0 Å². The van der Waals surface area contributed by atoms with Crippen molar-refractivity contribution in [1.82, 2.24) is 19.9 Å². The van der Waals surface area contributed by atoms with Crippen LogP contribution in [0.25, 0.3) is 22.8 Å². The van der Waals surface area contributed by atoms with E-state index in [0.717, 1.165) is 72.9 Å². The van der Waals surface area contributed by atoms with Gasteiger partial charge in [-0.3, -0.25) is 0 Å². The highest BCUT2D eigenvalue weighted by atomic mass is 16.5. The Bertz CT molecular complexity index is 2120. The zero-order chi connectivity index (χ0) is 40.8. The Morgan fingerprint density at radius 2 is 0.983 bits per heavy atom. The lowest BCUT2D eigenvalue weighted by Crippen LogP contribution is -2.03. The van der Waals surface area contributed by atoms with Crippen molar-refractivity contribution in [2.45, 2.75) is 51.7 Å². The zero-order valence-corrected chi connectivity index (χ0v) is 32.2. The van der Waals surface area contributed by atoms with Crippen LogP contribution in [0.2, 0.25) is 0 Å². The number of aromatic nitrogens is 4. The fraction of sp³-hybridized carbons (Fsp3) is 0.267. The van der Waals surface area contributed by atoms with E-state index in [4.69, 9.17) is 28.4 Å². The summed E-state index contributed by atoms with van der Waals surface area (Å²) >= 11 is 0. The van der Waals surface area contributed by atoms with Crippen LogP contribution in [-0.4, -0.2) is 58.3 Å². The van der Waals surface area contributed by atoms with E-state index >= 15 is 0 Å². The highest BCUT2D eigenvalue weighted by molar-refractivity contribution is 5.81. The number of hydrogen-bond acceptors (Lipinski definition) is 13. The van der Waals surface area contributed by atoms with Crippen molar-refractivity contribution in [3.8, 4) is 51.8 Å². The van der Waals surface area contributed by atoms with Crippen molar-refractivity contribution in [3.05, 3.63) is 134 Å². The summed E-state index contributed by atoms with van der Waals surface area (Å²) in [6, 6.07) is 22.7. The number of nitriles is 1. The van der Waals surface area contributed by atoms with E-state index in [0.29, 0.717) is 66.6 Å². The van der Waals surface area contributed by atoms with Gasteiger partial charge >= 0.3 is 11.9 Å². The third-order valence-electron chi connectivity index (χ3n) is 8.48. The molecule has 0 radical (unpaired) electrons. The maximum absolute atomic E-state index is 11.1. The van der Waals surface area contributed by atoms with Crippen LogP contribution in [0.4, 0.5) is 0 Å². The van der Waals surface area contributed by atoms with Gasteiger partial charge in [-0.05, 0) is 61.8 Å². The number of rotatable bonds is 24. The maximum atomic E-state index is 11.1.